The number of aromatic nitrogens is 3. The molecule has 1 amide bonds. The van der Waals surface area contributed by atoms with E-state index in [1.165, 1.54) is 6.33 Å². The monoisotopic (exact) mass is 416 g/mol. The fourth-order valence-electron chi connectivity index (χ4n) is 3.96. The van der Waals surface area contributed by atoms with Crippen molar-refractivity contribution in [2.24, 2.45) is 0 Å². The third kappa shape index (κ3) is 3.55. The Bertz CT molecular complexity index is 986. The van der Waals surface area contributed by atoms with Crippen molar-refractivity contribution in [3.8, 4) is 11.4 Å². The summed E-state index contributed by atoms with van der Waals surface area (Å²) >= 11 is 0. The van der Waals surface area contributed by atoms with E-state index in [0.29, 0.717) is 11.6 Å². The number of rotatable bonds is 4. The van der Waals surface area contributed by atoms with E-state index >= 15 is 0 Å². The van der Waals surface area contributed by atoms with Gasteiger partial charge in [0.05, 0.1) is 11.3 Å². The third-order valence-electron chi connectivity index (χ3n) is 5.62. The summed E-state index contributed by atoms with van der Waals surface area (Å²) in [7, 11) is 0. The van der Waals surface area contributed by atoms with Crippen molar-refractivity contribution in [1.29, 1.82) is 0 Å². The molecule has 0 bridgehead atoms. The fourth-order valence-corrected chi connectivity index (χ4v) is 3.96. The molecule has 158 valence electrons. The zero-order chi connectivity index (χ0) is 20.9. The van der Waals surface area contributed by atoms with Gasteiger partial charge in [-0.2, -0.15) is 0 Å². The van der Waals surface area contributed by atoms with Crippen molar-refractivity contribution in [3.63, 3.8) is 0 Å². The van der Waals surface area contributed by atoms with Gasteiger partial charge in [-0.25, -0.2) is 28.5 Å². The van der Waals surface area contributed by atoms with E-state index in [1.807, 2.05) is 6.07 Å². The van der Waals surface area contributed by atoms with Crippen LogP contribution in [0.2, 0.25) is 0 Å². The summed E-state index contributed by atoms with van der Waals surface area (Å²) in [6.45, 7) is 4.07. The average molecular weight is 416 g/mol. The Kier molecular flexibility index (Phi) is 4.53. The second kappa shape index (κ2) is 7.12. The number of fused-ring (bicyclic) bond motifs is 1. The van der Waals surface area contributed by atoms with Crippen molar-refractivity contribution < 1.29 is 18.3 Å². The van der Waals surface area contributed by atoms with E-state index in [-0.39, 0.29) is 17.1 Å². The number of piperazine rings is 1. The molecule has 2 aromatic rings. The minimum Gasteiger partial charge on any atom is -0.434 e. The number of cyclic esters (lactones) is 1. The quantitative estimate of drug-likeness (QED) is 0.791. The predicted molar refractivity (Wildman–Crippen MR) is 106 cm³/mol. The maximum atomic E-state index is 14.3. The highest BCUT2D eigenvalue weighted by atomic mass is 19.3. The number of anilines is 2. The zero-order valence-corrected chi connectivity index (χ0v) is 16.5. The minimum absolute atomic E-state index is 0.0325. The van der Waals surface area contributed by atoms with E-state index in [1.54, 1.807) is 0 Å². The van der Waals surface area contributed by atoms with Crippen LogP contribution >= 0.6 is 0 Å². The predicted octanol–water partition coefficient (Wildman–Crippen LogP) is 3.08. The van der Waals surface area contributed by atoms with Crippen LogP contribution in [0.25, 0.3) is 11.4 Å². The summed E-state index contributed by atoms with van der Waals surface area (Å²) in [6.07, 6.45) is 0.703. The number of hydrogen-bond donors (Lipinski definition) is 2. The highest BCUT2D eigenvalue weighted by Gasteiger charge is 2.45. The van der Waals surface area contributed by atoms with Crippen LogP contribution in [0.4, 0.5) is 25.2 Å². The van der Waals surface area contributed by atoms with Gasteiger partial charge < -0.3 is 15.0 Å². The third-order valence-corrected chi connectivity index (χ3v) is 5.62. The van der Waals surface area contributed by atoms with Crippen molar-refractivity contribution in [3.05, 3.63) is 29.6 Å². The van der Waals surface area contributed by atoms with Crippen LogP contribution in [0, 0.1) is 0 Å². The number of nitrogens with one attached hydrogen (secondary N) is 2. The van der Waals surface area contributed by atoms with Gasteiger partial charge >= 0.3 is 6.09 Å². The van der Waals surface area contributed by atoms with Crippen molar-refractivity contribution in [1.82, 2.24) is 20.3 Å². The molecule has 1 aliphatic carbocycles. The molecule has 0 aromatic carbocycles. The van der Waals surface area contributed by atoms with Crippen LogP contribution < -0.4 is 15.5 Å². The maximum absolute atomic E-state index is 14.3. The molecule has 1 saturated heterocycles. The summed E-state index contributed by atoms with van der Waals surface area (Å²) in [5.41, 5.74) is 1.92. The molecule has 2 aliphatic heterocycles. The lowest BCUT2D eigenvalue weighted by atomic mass is 9.98. The van der Waals surface area contributed by atoms with Gasteiger partial charge in [0, 0.05) is 33.1 Å². The van der Waals surface area contributed by atoms with Gasteiger partial charge in [-0.05, 0) is 36.5 Å². The van der Waals surface area contributed by atoms with Crippen molar-refractivity contribution >= 4 is 17.7 Å². The van der Waals surface area contributed by atoms with E-state index in [2.05, 4.69) is 31.6 Å². The van der Waals surface area contributed by atoms with Gasteiger partial charge in [-0.1, -0.05) is 0 Å². The lowest BCUT2D eigenvalue weighted by molar-refractivity contribution is -0.0985. The van der Waals surface area contributed by atoms with Gasteiger partial charge in [-0.15, -0.1) is 0 Å². The van der Waals surface area contributed by atoms with E-state index < -0.39 is 18.1 Å². The molecule has 0 unspecified atom stereocenters. The molecule has 3 aliphatic rings. The van der Waals surface area contributed by atoms with Crippen LogP contribution in [0.3, 0.4) is 0 Å². The number of ether oxygens (including phenoxy) is 1. The Hall–Kier alpha value is -2.88. The van der Waals surface area contributed by atoms with Gasteiger partial charge in [0.1, 0.15) is 23.7 Å². The molecule has 2 fully saturated rings. The Morgan fingerprint density at radius 3 is 2.67 bits per heavy atom. The summed E-state index contributed by atoms with van der Waals surface area (Å²) in [4.78, 5) is 27.0. The maximum Gasteiger partial charge on any atom is 0.413 e. The number of carbonyl (C=O) groups excluding carboxylic acids is 1. The molecular weight excluding hydrogens is 394 g/mol. The van der Waals surface area contributed by atoms with Crippen LogP contribution in [-0.4, -0.2) is 53.1 Å². The molecule has 10 heteroatoms. The SMILES string of the molecule is CC(F)(F)[C@@H]1OC(=O)Nc2ncnc(-c3cc(C4CC4)cc(N4CCNCC4)n3)c21. The van der Waals surface area contributed by atoms with Crippen LogP contribution in [0.5, 0.6) is 0 Å². The summed E-state index contributed by atoms with van der Waals surface area (Å²) in [5.74, 6) is -2.01. The Balaban J connectivity index is 1.65. The molecular formula is C20H22F2N6O2. The molecule has 30 heavy (non-hydrogen) atoms. The number of halogens is 2. The highest BCUT2D eigenvalue weighted by molar-refractivity contribution is 5.88. The lowest BCUT2D eigenvalue weighted by Gasteiger charge is -2.31. The number of carbonyl (C=O) groups is 1. The topological polar surface area (TPSA) is 92.3 Å². The number of hydrogen-bond acceptors (Lipinski definition) is 7. The second-order valence-corrected chi connectivity index (χ2v) is 8.01. The first-order chi connectivity index (χ1) is 14.4. The van der Waals surface area contributed by atoms with Crippen LogP contribution in [0.15, 0.2) is 18.5 Å². The molecule has 1 saturated carbocycles. The molecule has 4 heterocycles. The number of nitrogens with zero attached hydrogens (tertiary/aromatic N) is 4. The van der Waals surface area contributed by atoms with E-state index in [9.17, 15) is 13.6 Å². The van der Waals surface area contributed by atoms with Crippen LogP contribution in [0.1, 0.15) is 42.9 Å². The molecule has 1 atom stereocenters. The van der Waals surface area contributed by atoms with Gasteiger partial charge in [0.15, 0.2) is 6.10 Å². The van der Waals surface area contributed by atoms with E-state index in [0.717, 1.165) is 57.3 Å². The summed E-state index contributed by atoms with van der Waals surface area (Å²) in [5, 5.41) is 5.73. The fraction of sp³-hybridized carbons (Fsp3) is 0.500. The standard InChI is InChI=1S/C20H22F2N6O2/c1-20(21,22)17-15-16(24-10-25-18(15)27-19(29)30-17)13-8-12(11-2-3-11)9-14(26-13)28-6-4-23-5-7-28/h8-11,17,23H,2-7H2,1H3,(H,24,25,27,29)/t17-/m1/s1. The second-order valence-electron chi connectivity index (χ2n) is 8.01. The molecule has 2 N–H and O–H groups in total. The molecule has 8 nitrogen and oxygen atoms in total. The van der Waals surface area contributed by atoms with Crippen LogP contribution in [-0.2, 0) is 4.74 Å². The van der Waals surface area contributed by atoms with E-state index in [4.69, 9.17) is 9.72 Å². The normalized spacial score (nSPS) is 21.6. The lowest BCUT2D eigenvalue weighted by Crippen LogP contribution is -2.44. The molecule has 0 radical (unpaired) electrons. The van der Waals surface area contributed by atoms with Gasteiger partial charge in [0.2, 0.25) is 0 Å². The largest absolute Gasteiger partial charge is 0.434 e. The smallest absolute Gasteiger partial charge is 0.413 e. The van der Waals surface area contributed by atoms with Gasteiger partial charge in [-0.3, -0.25) is 5.32 Å². The Morgan fingerprint density at radius 1 is 1.20 bits per heavy atom. The average Bonchev–Trinajstić information content (AvgIpc) is 3.58. The summed E-state index contributed by atoms with van der Waals surface area (Å²) < 4.78 is 33.6. The summed E-state index contributed by atoms with van der Waals surface area (Å²) in [6, 6.07) is 4.00. The van der Waals surface area contributed by atoms with Gasteiger partial charge in [0.25, 0.3) is 5.92 Å². The van der Waals surface area contributed by atoms with Crippen molar-refractivity contribution in [2.45, 2.75) is 37.7 Å². The number of alkyl halides is 2. The zero-order valence-electron chi connectivity index (χ0n) is 16.5. The number of pyridine rings is 1. The molecule has 2 aromatic heterocycles. The first-order valence-corrected chi connectivity index (χ1v) is 10.1. The number of amides is 1. The molecule has 5 rings (SSSR count). The Labute approximate surface area is 172 Å². The van der Waals surface area contributed by atoms with Crippen molar-refractivity contribution in [2.75, 3.05) is 36.4 Å². The Morgan fingerprint density at radius 2 is 1.97 bits per heavy atom. The first-order valence-electron chi connectivity index (χ1n) is 10.1. The first kappa shape index (κ1) is 19.1. The minimum atomic E-state index is -3.30. The molecule has 0 spiro atoms. The highest BCUT2D eigenvalue weighted by Crippen LogP contribution is 2.46.